The molecular weight excluding hydrogens is 318 g/mol. The number of hydrazine groups is 1. The Morgan fingerprint density at radius 2 is 2.00 bits per heavy atom. The van der Waals surface area contributed by atoms with E-state index in [-0.39, 0.29) is 10.9 Å². The largest absolute Gasteiger partial charge is 0.569 e. The van der Waals surface area contributed by atoms with Gasteiger partial charge in [-0.15, -0.1) is 5.01 Å². The molecule has 1 aromatic rings. The van der Waals surface area contributed by atoms with Gasteiger partial charge >= 0.3 is 11.9 Å². The normalized spacial score (nSPS) is 13.7. The standard InChI is InChI=1S/C15H21N3O6/c1-4-11(2)13(14(19)20)17(3)18(22)16-24-10-23-15(21)12-8-6-5-7-9-12/h5-9,11,13H,4,10H2,1-3H3,(H,19,20)/t11-,13+/m1/s1. The van der Waals surface area contributed by atoms with Gasteiger partial charge in [0.15, 0.2) is 6.04 Å². The van der Waals surface area contributed by atoms with Crippen LogP contribution in [0.1, 0.15) is 30.6 Å². The zero-order valence-electron chi connectivity index (χ0n) is 13.8. The maximum absolute atomic E-state index is 11.8. The van der Waals surface area contributed by atoms with E-state index in [4.69, 9.17) is 4.74 Å². The lowest BCUT2D eigenvalue weighted by molar-refractivity contribution is -0.712. The molecule has 1 N–H and O–H groups in total. The third kappa shape index (κ3) is 5.41. The van der Waals surface area contributed by atoms with Gasteiger partial charge in [-0.2, -0.15) is 0 Å². The fourth-order valence-electron chi connectivity index (χ4n) is 1.97. The second kappa shape index (κ2) is 9.33. The van der Waals surface area contributed by atoms with Crippen molar-refractivity contribution in [2.75, 3.05) is 13.8 Å². The summed E-state index contributed by atoms with van der Waals surface area (Å²) in [5, 5.41) is 25.0. The fraction of sp³-hybridized carbons (Fsp3) is 0.467. The molecule has 1 rings (SSSR count). The number of carbonyl (C=O) groups is 2. The summed E-state index contributed by atoms with van der Waals surface area (Å²) in [5.74, 6) is -2.03. The third-order valence-electron chi connectivity index (χ3n) is 3.49. The average Bonchev–Trinajstić information content (AvgIpc) is 2.58. The quantitative estimate of drug-likeness (QED) is 0.183. The highest BCUT2D eigenvalue weighted by Gasteiger charge is 2.33. The molecule has 0 aliphatic heterocycles. The van der Waals surface area contributed by atoms with Crippen molar-refractivity contribution in [3.8, 4) is 0 Å². The topological polar surface area (TPSA) is 114 Å². The van der Waals surface area contributed by atoms with Crippen LogP contribution in [0.2, 0.25) is 0 Å². The van der Waals surface area contributed by atoms with Gasteiger partial charge in [0.2, 0.25) is 5.28 Å². The van der Waals surface area contributed by atoms with E-state index < -0.39 is 24.8 Å². The summed E-state index contributed by atoms with van der Waals surface area (Å²) in [4.78, 5) is 27.5. The summed E-state index contributed by atoms with van der Waals surface area (Å²) in [6.07, 6.45) is 0.574. The van der Waals surface area contributed by atoms with E-state index in [9.17, 15) is 19.9 Å². The van der Waals surface area contributed by atoms with Gasteiger partial charge in [-0.25, -0.2) is 9.59 Å². The molecule has 1 aromatic carbocycles. The van der Waals surface area contributed by atoms with E-state index in [0.29, 0.717) is 12.0 Å². The average molecular weight is 339 g/mol. The SMILES string of the molecule is CC[C@@H](C)[C@@H](C(=O)O)N(C)[N+]([O-])=NOCOC(=O)c1ccccc1. The number of carbonyl (C=O) groups excluding carboxylic acids is 1. The second-order valence-electron chi connectivity index (χ2n) is 5.12. The fourth-order valence-corrected chi connectivity index (χ4v) is 1.97. The number of benzene rings is 1. The molecule has 0 saturated heterocycles. The number of aliphatic carboxylic acids is 1. The molecule has 0 spiro atoms. The van der Waals surface area contributed by atoms with E-state index in [2.05, 4.69) is 10.1 Å². The first-order valence-electron chi connectivity index (χ1n) is 7.36. The first-order valence-corrected chi connectivity index (χ1v) is 7.36. The van der Waals surface area contributed by atoms with Crippen molar-refractivity contribution in [1.82, 2.24) is 5.01 Å². The second-order valence-corrected chi connectivity index (χ2v) is 5.12. The maximum Gasteiger partial charge on any atom is 0.341 e. The summed E-state index contributed by atoms with van der Waals surface area (Å²) in [5.41, 5.74) is 0.333. The molecule has 0 saturated carbocycles. The smallest absolute Gasteiger partial charge is 0.341 e. The number of likely N-dealkylation sites (N-methyl/N-ethyl adjacent to an activating group) is 1. The molecular formula is C15H21N3O6. The minimum atomic E-state index is -1.14. The molecule has 24 heavy (non-hydrogen) atoms. The van der Waals surface area contributed by atoms with Crippen LogP contribution in [0.25, 0.3) is 0 Å². The van der Waals surface area contributed by atoms with Crippen LogP contribution in [0.4, 0.5) is 0 Å². The maximum atomic E-state index is 11.8. The van der Waals surface area contributed by atoms with E-state index >= 15 is 0 Å². The Hall–Kier alpha value is -2.84. The Kier molecular flexibility index (Phi) is 7.47. The zero-order valence-corrected chi connectivity index (χ0v) is 13.8. The van der Waals surface area contributed by atoms with Gasteiger partial charge in [0.25, 0.3) is 6.79 Å². The number of rotatable bonds is 9. The van der Waals surface area contributed by atoms with Crippen molar-refractivity contribution in [3.63, 3.8) is 0 Å². The van der Waals surface area contributed by atoms with E-state index in [1.807, 2.05) is 6.92 Å². The number of nitrogens with zero attached hydrogens (tertiary/aromatic N) is 3. The summed E-state index contributed by atoms with van der Waals surface area (Å²) in [7, 11) is 1.29. The predicted molar refractivity (Wildman–Crippen MR) is 82.5 cm³/mol. The number of hydrogen-bond acceptors (Lipinski definition) is 6. The predicted octanol–water partition coefficient (Wildman–Crippen LogP) is 2.04. The van der Waals surface area contributed by atoms with Gasteiger partial charge in [0.05, 0.1) is 17.6 Å². The Balaban J connectivity index is 2.54. The van der Waals surface area contributed by atoms with Crippen molar-refractivity contribution in [2.24, 2.45) is 11.2 Å². The van der Waals surface area contributed by atoms with Crippen LogP contribution in [0.15, 0.2) is 35.6 Å². The lowest BCUT2D eigenvalue weighted by atomic mass is 9.99. The van der Waals surface area contributed by atoms with Gasteiger partial charge in [-0.3, -0.25) is 0 Å². The van der Waals surface area contributed by atoms with Gasteiger partial charge in [0.1, 0.15) is 0 Å². The molecule has 0 aliphatic carbocycles. The van der Waals surface area contributed by atoms with Crippen molar-refractivity contribution in [2.45, 2.75) is 26.3 Å². The lowest BCUT2D eigenvalue weighted by Gasteiger charge is -2.24. The summed E-state index contributed by atoms with van der Waals surface area (Å²) in [6, 6.07) is 7.19. The highest BCUT2D eigenvalue weighted by atomic mass is 16.8. The Labute approximate surface area is 139 Å². The van der Waals surface area contributed by atoms with Crippen molar-refractivity contribution < 1.29 is 29.2 Å². The molecule has 9 heteroatoms. The number of carboxylic acid groups (broad SMARTS) is 1. The molecule has 0 aromatic heterocycles. The molecule has 0 radical (unpaired) electrons. The molecule has 0 unspecified atom stereocenters. The van der Waals surface area contributed by atoms with Crippen LogP contribution < -0.4 is 0 Å². The summed E-state index contributed by atoms with van der Waals surface area (Å²) >= 11 is 0. The molecule has 132 valence electrons. The van der Waals surface area contributed by atoms with Gasteiger partial charge in [0, 0.05) is 0 Å². The van der Waals surface area contributed by atoms with Crippen LogP contribution in [-0.4, -0.2) is 46.9 Å². The number of carboxylic acids is 1. The monoisotopic (exact) mass is 339 g/mol. The van der Waals surface area contributed by atoms with Crippen molar-refractivity contribution in [3.05, 3.63) is 41.1 Å². The lowest BCUT2D eigenvalue weighted by Crippen LogP contribution is -2.46. The molecule has 0 heterocycles. The molecule has 9 nitrogen and oxygen atoms in total. The molecule has 0 bridgehead atoms. The van der Waals surface area contributed by atoms with Crippen LogP contribution in [0.5, 0.6) is 0 Å². The van der Waals surface area contributed by atoms with E-state index in [1.54, 1.807) is 37.3 Å². The van der Waals surface area contributed by atoms with Gasteiger partial charge in [-0.05, 0) is 18.1 Å². The van der Waals surface area contributed by atoms with Crippen LogP contribution >= 0.6 is 0 Å². The minimum absolute atomic E-state index is 0.0152. The van der Waals surface area contributed by atoms with Crippen molar-refractivity contribution in [1.29, 1.82) is 0 Å². The van der Waals surface area contributed by atoms with Gasteiger partial charge in [-0.1, -0.05) is 38.5 Å². The molecule has 0 aliphatic rings. The molecule has 0 amide bonds. The Morgan fingerprint density at radius 1 is 1.38 bits per heavy atom. The number of esters is 1. The van der Waals surface area contributed by atoms with E-state index in [0.717, 1.165) is 5.01 Å². The highest BCUT2D eigenvalue weighted by Crippen LogP contribution is 2.14. The van der Waals surface area contributed by atoms with E-state index in [1.165, 1.54) is 7.05 Å². The van der Waals surface area contributed by atoms with Crippen molar-refractivity contribution >= 4 is 11.9 Å². The third-order valence-corrected chi connectivity index (χ3v) is 3.49. The Bertz CT molecular complexity index is 578. The van der Waals surface area contributed by atoms with Crippen LogP contribution in [0.3, 0.4) is 0 Å². The summed E-state index contributed by atoms with van der Waals surface area (Å²) in [6.45, 7) is 2.97. The zero-order chi connectivity index (χ0) is 18.1. The first kappa shape index (κ1) is 19.2. The minimum Gasteiger partial charge on any atom is -0.569 e. The highest BCUT2D eigenvalue weighted by molar-refractivity contribution is 5.89. The van der Waals surface area contributed by atoms with Crippen LogP contribution in [0, 0.1) is 11.1 Å². The number of hydrogen-bond donors (Lipinski definition) is 1. The first-order chi connectivity index (χ1) is 11.4. The molecule has 2 atom stereocenters. The number of ether oxygens (including phenoxy) is 1. The summed E-state index contributed by atoms with van der Waals surface area (Å²) < 4.78 is 4.78. The molecule has 0 fully saturated rings. The Morgan fingerprint density at radius 3 is 2.54 bits per heavy atom. The van der Waals surface area contributed by atoms with Crippen LogP contribution in [-0.2, 0) is 14.4 Å². The van der Waals surface area contributed by atoms with Gasteiger partial charge < -0.3 is 19.9 Å².